The molecular formula is C21H22ClNO2. The van der Waals surface area contributed by atoms with Crippen LogP contribution in [0.1, 0.15) is 48.0 Å². The number of nitrogens with one attached hydrogen (secondary N) is 1. The van der Waals surface area contributed by atoms with E-state index in [4.69, 9.17) is 11.6 Å². The highest BCUT2D eigenvalue weighted by Crippen LogP contribution is 2.26. The first-order valence-electron chi connectivity index (χ1n) is 8.81. The van der Waals surface area contributed by atoms with Crippen LogP contribution in [0.25, 0.3) is 0 Å². The lowest BCUT2D eigenvalue weighted by Gasteiger charge is -2.21. The molecule has 0 saturated heterocycles. The van der Waals surface area contributed by atoms with Gasteiger partial charge in [0.15, 0.2) is 5.78 Å². The average molecular weight is 356 g/mol. The number of hydrogen-bond donors (Lipinski definition) is 1. The number of carbonyl (C=O) groups excluding carboxylic acids is 2. The Labute approximate surface area is 153 Å². The summed E-state index contributed by atoms with van der Waals surface area (Å²) in [6.07, 6.45) is 5.55. The van der Waals surface area contributed by atoms with Crippen LogP contribution in [0.3, 0.4) is 0 Å². The molecule has 3 rings (SSSR count). The molecule has 1 fully saturated rings. The second-order valence-electron chi connectivity index (χ2n) is 6.60. The fraction of sp³-hybridized carbons (Fsp3) is 0.333. The molecular weight excluding hydrogens is 334 g/mol. The van der Waals surface area contributed by atoms with Gasteiger partial charge in [0, 0.05) is 22.9 Å². The molecule has 0 aliphatic heterocycles. The van der Waals surface area contributed by atoms with Crippen LogP contribution in [0.5, 0.6) is 0 Å². The number of benzene rings is 2. The molecule has 3 nitrogen and oxygen atoms in total. The first-order valence-corrected chi connectivity index (χ1v) is 9.19. The van der Waals surface area contributed by atoms with E-state index in [9.17, 15) is 9.59 Å². The van der Waals surface area contributed by atoms with Crippen molar-refractivity contribution in [2.45, 2.75) is 38.5 Å². The van der Waals surface area contributed by atoms with E-state index in [0.29, 0.717) is 16.3 Å². The highest BCUT2D eigenvalue weighted by atomic mass is 35.5. The molecule has 2 aromatic carbocycles. The Balaban J connectivity index is 1.73. The molecule has 1 saturated carbocycles. The lowest BCUT2D eigenvalue weighted by molar-refractivity contribution is -0.120. The van der Waals surface area contributed by atoms with E-state index < -0.39 is 0 Å². The molecule has 25 heavy (non-hydrogen) atoms. The van der Waals surface area contributed by atoms with Crippen LogP contribution in [0.15, 0.2) is 48.5 Å². The SMILES string of the molecule is O=C(Cc1cccc(Cl)c1)c1ccccc1NC(=O)C1CCCCC1. The third-order valence-corrected chi connectivity index (χ3v) is 4.95. The highest BCUT2D eigenvalue weighted by molar-refractivity contribution is 6.30. The van der Waals surface area contributed by atoms with Crippen molar-refractivity contribution in [1.29, 1.82) is 0 Å². The summed E-state index contributed by atoms with van der Waals surface area (Å²) in [6.45, 7) is 0. The molecule has 0 bridgehead atoms. The molecule has 130 valence electrons. The summed E-state index contributed by atoms with van der Waals surface area (Å²) in [5.41, 5.74) is 2.02. The van der Waals surface area contributed by atoms with Crippen molar-refractivity contribution in [2.75, 3.05) is 5.32 Å². The van der Waals surface area contributed by atoms with Gasteiger partial charge in [-0.05, 0) is 42.7 Å². The van der Waals surface area contributed by atoms with Crippen LogP contribution in [0.4, 0.5) is 5.69 Å². The fourth-order valence-corrected chi connectivity index (χ4v) is 3.58. The van der Waals surface area contributed by atoms with E-state index in [1.807, 2.05) is 24.3 Å². The molecule has 1 N–H and O–H groups in total. The Morgan fingerprint density at radius 3 is 2.52 bits per heavy atom. The molecule has 4 heteroatoms. The zero-order chi connectivity index (χ0) is 17.6. The van der Waals surface area contributed by atoms with Crippen LogP contribution in [-0.2, 0) is 11.2 Å². The number of Topliss-reactive ketones (excluding diaryl/α,β-unsaturated/α-hetero) is 1. The van der Waals surface area contributed by atoms with Crippen LogP contribution in [0.2, 0.25) is 5.02 Å². The maximum Gasteiger partial charge on any atom is 0.227 e. The first kappa shape index (κ1) is 17.7. The Bertz CT molecular complexity index is 766. The van der Waals surface area contributed by atoms with Gasteiger partial charge < -0.3 is 5.32 Å². The van der Waals surface area contributed by atoms with E-state index >= 15 is 0 Å². The maximum atomic E-state index is 12.7. The van der Waals surface area contributed by atoms with Gasteiger partial charge in [-0.25, -0.2) is 0 Å². The maximum absolute atomic E-state index is 12.7. The molecule has 2 aromatic rings. The van der Waals surface area contributed by atoms with Gasteiger partial charge in [0.2, 0.25) is 5.91 Å². The molecule has 0 spiro atoms. The predicted octanol–water partition coefficient (Wildman–Crippen LogP) is 5.28. The Morgan fingerprint density at radius 2 is 1.76 bits per heavy atom. The molecule has 0 radical (unpaired) electrons. The summed E-state index contributed by atoms with van der Waals surface area (Å²) in [6, 6.07) is 14.5. The molecule has 0 aromatic heterocycles. The van der Waals surface area contributed by atoms with Crippen molar-refractivity contribution in [1.82, 2.24) is 0 Å². The van der Waals surface area contributed by atoms with E-state index in [2.05, 4.69) is 5.32 Å². The molecule has 1 aliphatic carbocycles. The van der Waals surface area contributed by atoms with Gasteiger partial charge in [-0.2, -0.15) is 0 Å². The van der Waals surface area contributed by atoms with Gasteiger partial charge in [0.1, 0.15) is 0 Å². The Hall–Kier alpha value is -2.13. The number of para-hydroxylation sites is 1. The van der Waals surface area contributed by atoms with Gasteiger partial charge in [-0.1, -0.05) is 55.1 Å². The lowest BCUT2D eigenvalue weighted by Crippen LogP contribution is -2.25. The Kier molecular flexibility index (Phi) is 5.87. The number of amides is 1. The second-order valence-corrected chi connectivity index (χ2v) is 7.04. The Morgan fingerprint density at radius 1 is 1.00 bits per heavy atom. The molecule has 0 unspecified atom stereocenters. The van der Waals surface area contributed by atoms with Crippen molar-refractivity contribution in [3.05, 3.63) is 64.7 Å². The van der Waals surface area contributed by atoms with Gasteiger partial charge in [0.25, 0.3) is 0 Å². The fourth-order valence-electron chi connectivity index (χ4n) is 3.36. The molecule has 1 amide bonds. The molecule has 0 atom stereocenters. The minimum Gasteiger partial charge on any atom is -0.325 e. The summed E-state index contributed by atoms with van der Waals surface area (Å²) in [4.78, 5) is 25.2. The van der Waals surface area contributed by atoms with Crippen LogP contribution in [0, 0.1) is 5.92 Å². The van der Waals surface area contributed by atoms with Crippen molar-refractivity contribution in [3.8, 4) is 0 Å². The molecule has 1 aliphatic rings. The largest absolute Gasteiger partial charge is 0.325 e. The summed E-state index contributed by atoms with van der Waals surface area (Å²) < 4.78 is 0. The van der Waals surface area contributed by atoms with Crippen molar-refractivity contribution in [2.24, 2.45) is 5.92 Å². The van der Waals surface area contributed by atoms with Crippen LogP contribution in [-0.4, -0.2) is 11.7 Å². The standard InChI is InChI=1S/C21H22ClNO2/c22-17-10-6-7-15(13-17)14-20(24)18-11-4-5-12-19(18)23-21(25)16-8-2-1-3-9-16/h4-7,10-13,16H,1-3,8-9,14H2,(H,23,25). The van der Waals surface area contributed by atoms with Gasteiger partial charge in [0.05, 0.1) is 5.69 Å². The van der Waals surface area contributed by atoms with Crippen LogP contribution >= 0.6 is 11.6 Å². The third kappa shape index (κ3) is 4.70. The van der Waals surface area contributed by atoms with E-state index in [-0.39, 0.29) is 24.0 Å². The predicted molar refractivity (Wildman–Crippen MR) is 101 cm³/mol. The zero-order valence-electron chi connectivity index (χ0n) is 14.1. The summed E-state index contributed by atoms with van der Waals surface area (Å²) in [5.74, 6) is 0.0642. The van der Waals surface area contributed by atoms with Crippen molar-refractivity contribution < 1.29 is 9.59 Å². The second kappa shape index (κ2) is 8.30. The van der Waals surface area contributed by atoms with Crippen molar-refractivity contribution >= 4 is 29.0 Å². The number of ketones is 1. The van der Waals surface area contributed by atoms with Crippen LogP contribution < -0.4 is 5.32 Å². The number of halogens is 1. The van der Waals surface area contributed by atoms with Gasteiger partial charge >= 0.3 is 0 Å². The summed E-state index contributed by atoms with van der Waals surface area (Å²) >= 11 is 5.99. The van der Waals surface area contributed by atoms with Gasteiger partial charge in [-0.15, -0.1) is 0 Å². The zero-order valence-corrected chi connectivity index (χ0v) is 14.9. The summed E-state index contributed by atoms with van der Waals surface area (Å²) in [7, 11) is 0. The lowest BCUT2D eigenvalue weighted by atomic mass is 9.88. The normalized spacial score (nSPS) is 14.9. The number of hydrogen-bond acceptors (Lipinski definition) is 2. The van der Waals surface area contributed by atoms with E-state index in [0.717, 1.165) is 31.2 Å². The number of carbonyl (C=O) groups is 2. The van der Waals surface area contributed by atoms with Crippen molar-refractivity contribution in [3.63, 3.8) is 0 Å². The monoisotopic (exact) mass is 355 g/mol. The third-order valence-electron chi connectivity index (χ3n) is 4.72. The molecule has 0 heterocycles. The average Bonchev–Trinajstić information content (AvgIpc) is 2.63. The summed E-state index contributed by atoms with van der Waals surface area (Å²) in [5, 5.41) is 3.59. The smallest absolute Gasteiger partial charge is 0.227 e. The first-order chi connectivity index (χ1) is 12.1. The number of rotatable bonds is 5. The van der Waals surface area contributed by atoms with Gasteiger partial charge in [-0.3, -0.25) is 9.59 Å². The van der Waals surface area contributed by atoms with E-state index in [1.54, 1.807) is 24.3 Å². The highest BCUT2D eigenvalue weighted by Gasteiger charge is 2.22. The number of anilines is 1. The minimum atomic E-state index is -0.0261. The minimum absolute atomic E-state index is 0.0261. The van der Waals surface area contributed by atoms with E-state index in [1.165, 1.54) is 6.42 Å². The quantitative estimate of drug-likeness (QED) is 0.741. The topological polar surface area (TPSA) is 46.2 Å².